The maximum atomic E-state index is 12.4. The van der Waals surface area contributed by atoms with E-state index < -0.39 is 0 Å². The second kappa shape index (κ2) is 6.97. The summed E-state index contributed by atoms with van der Waals surface area (Å²) in [6.45, 7) is 4.60. The molecule has 1 fully saturated rings. The molecule has 0 atom stereocenters. The lowest BCUT2D eigenvalue weighted by Gasteiger charge is -2.28. The number of anilines is 1. The summed E-state index contributed by atoms with van der Waals surface area (Å²) < 4.78 is 10.8. The number of benzene rings is 1. The van der Waals surface area contributed by atoms with E-state index in [1.165, 1.54) is 4.90 Å². The molecule has 7 heteroatoms. The molecule has 124 valence electrons. The number of ether oxygens (including phenoxy) is 2. The molecule has 0 aliphatic carbocycles. The third-order valence-electron chi connectivity index (χ3n) is 4.13. The molecule has 0 saturated carbocycles. The Morgan fingerprint density at radius 3 is 2.87 bits per heavy atom. The summed E-state index contributed by atoms with van der Waals surface area (Å²) in [5.74, 6) is 0.165. The fraction of sp³-hybridized carbons (Fsp3) is 0.500. The zero-order valence-electron chi connectivity index (χ0n) is 13.2. The number of amides is 2. The number of carbonyl (C=O) groups excluding carboxylic acids is 2. The molecular formula is C16H21N3O4. The number of fused-ring (bicyclic) bond motifs is 1. The highest BCUT2D eigenvalue weighted by Crippen LogP contribution is 2.34. The van der Waals surface area contributed by atoms with Gasteiger partial charge in [0.25, 0.3) is 11.8 Å². The SMILES string of the molecule is CN1C(=O)COc2c(C(=O)NCCN3CCOCC3)cccc21. The van der Waals surface area contributed by atoms with E-state index in [4.69, 9.17) is 9.47 Å². The monoisotopic (exact) mass is 319 g/mol. The van der Waals surface area contributed by atoms with Crippen LogP contribution in [0, 0.1) is 0 Å². The van der Waals surface area contributed by atoms with E-state index in [2.05, 4.69) is 10.2 Å². The van der Waals surface area contributed by atoms with E-state index in [-0.39, 0.29) is 18.4 Å². The van der Waals surface area contributed by atoms with Gasteiger partial charge in [0.15, 0.2) is 12.4 Å². The van der Waals surface area contributed by atoms with Gasteiger partial charge >= 0.3 is 0 Å². The van der Waals surface area contributed by atoms with Gasteiger partial charge < -0.3 is 19.7 Å². The normalized spacial score (nSPS) is 18.3. The standard InChI is InChI=1S/C16H21N3O4/c1-18-13-4-2-3-12(15(13)23-11-14(18)20)16(21)17-5-6-19-7-9-22-10-8-19/h2-4H,5-11H2,1H3,(H,17,21). The van der Waals surface area contributed by atoms with E-state index in [1.54, 1.807) is 25.2 Å². The molecule has 0 unspecified atom stereocenters. The maximum absolute atomic E-state index is 12.4. The van der Waals surface area contributed by atoms with Gasteiger partial charge in [-0.15, -0.1) is 0 Å². The summed E-state index contributed by atoms with van der Waals surface area (Å²) >= 11 is 0. The van der Waals surface area contributed by atoms with Crippen LogP contribution in [0.5, 0.6) is 5.75 Å². The third kappa shape index (κ3) is 3.46. The smallest absolute Gasteiger partial charge is 0.264 e. The number of rotatable bonds is 4. The molecule has 1 aromatic carbocycles. The molecule has 0 spiro atoms. The Morgan fingerprint density at radius 1 is 1.30 bits per heavy atom. The van der Waals surface area contributed by atoms with Gasteiger partial charge in [0.1, 0.15) is 0 Å². The minimum Gasteiger partial charge on any atom is -0.481 e. The molecule has 23 heavy (non-hydrogen) atoms. The fourth-order valence-electron chi connectivity index (χ4n) is 2.73. The Balaban J connectivity index is 1.62. The summed E-state index contributed by atoms with van der Waals surface area (Å²) in [5, 5.41) is 2.92. The second-order valence-electron chi connectivity index (χ2n) is 5.61. The van der Waals surface area contributed by atoms with Gasteiger partial charge in [-0.25, -0.2) is 0 Å². The number of hydrogen-bond acceptors (Lipinski definition) is 5. The highest BCUT2D eigenvalue weighted by Gasteiger charge is 2.26. The summed E-state index contributed by atoms with van der Waals surface area (Å²) in [6.07, 6.45) is 0. The lowest BCUT2D eigenvalue weighted by Crippen LogP contribution is -2.41. The van der Waals surface area contributed by atoms with E-state index in [0.29, 0.717) is 23.5 Å². The number of nitrogens with zero attached hydrogens (tertiary/aromatic N) is 2. The lowest BCUT2D eigenvalue weighted by molar-refractivity contribution is -0.121. The molecule has 2 amide bonds. The first-order valence-electron chi connectivity index (χ1n) is 7.77. The Labute approximate surface area is 135 Å². The first-order valence-corrected chi connectivity index (χ1v) is 7.77. The number of nitrogens with one attached hydrogen (secondary N) is 1. The van der Waals surface area contributed by atoms with Crippen molar-refractivity contribution < 1.29 is 19.1 Å². The first-order chi connectivity index (χ1) is 11.2. The maximum Gasteiger partial charge on any atom is 0.264 e. The molecule has 2 aliphatic rings. The van der Waals surface area contributed by atoms with Gasteiger partial charge in [-0.1, -0.05) is 6.07 Å². The van der Waals surface area contributed by atoms with Crippen LogP contribution in [0.1, 0.15) is 10.4 Å². The van der Waals surface area contributed by atoms with Crippen LogP contribution in [-0.2, 0) is 9.53 Å². The van der Waals surface area contributed by atoms with E-state index in [9.17, 15) is 9.59 Å². The number of para-hydroxylation sites is 1. The summed E-state index contributed by atoms with van der Waals surface area (Å²) in [6, 6.07) is 5.25. The first kappa shape index (κ1) is 15.8. The largest absolute Gasteiger partial charge is 0.481 e. The minimum atomic E-state index is -0.183. The number of likely N-dealkylation sites (N-methyl/N-ethyl adjacent to an activating group) is 1. The van der Waals surface area contributed by atoms with E-state index in [1.807, 2.05) is 0 Å². The zero-order valence-corrected chi connectivity index (χ0v) is 13.2. The summed E-state index contributed by atoms with van der Waals surface area (Å²) in [4.78, 5) is 27.9. The van der Waals surface area contributed by atoms with Crippen LogP contribution in [0.3, 0.4) is 0 Å². The van der Waals surface area contributed by atoms with Crippen LogP contribution in [0.25, 0.3) is 0 Å². The van der Waals surface area contributed by atoms with Crippen LogP contribution in [0.15, 0.2) is 18.2 Å². The van der Waals surface area contributed by atoms with Crippen molar-refractivity contribution in [3.05, 3.63) is 23.8 Å². The van der Waals surface area contributed by atoms with E-state index >= 15 is 0 Å². The van der Waals surface area contributed by atoms with Crippen molar-refractivity contribution in [2.24, 2.45) is 0 Å². The highest BCUT2D eigenvalue weighted by molar-refractivity contribution is 6.03. The molecule has 0 aromatic heterocycles. The average Bonchev–Trinajstić information content (AvgIpc) is 2.58. The molecule has 0 radical (unpaired) electrons. The van der Waals surface area contributed by atoms with Gasteiger partial charge in [-0.2, -0.15) is 0 Å². The Bertz CT molecular complexity index is 599. The van der Waals surface area contributed by atoms with Gasteiger partial charge in [0, 0.05) is 33.2 Å². The minimum absolute atomic E-state index is 0.0401. The molecule has 7 nitrogen and oxygen atoms in total. The van der Waals surface area contributed by atoms with Gasteiger partial charge in [-0.3, -0.25) is 14.5 Å². The van der Waals surface area contributed by atoms with Crippen molar-refractivity contribution in [3.8, 4) is 5.75 Å². The molecule has 2 heterocycles. The molecule has 3 rings (SSSR count). The van der Waals surface area contributed by atoms with Crippen molar-refractivity contribution in [2.45, 2.75) is 0 Å². The lowest BCUT2D eigenvalue weighted by atomic mass is 10.1. The van der Waals surface area contributed by atoms with Crippen LogP contribution >= 0.6 is 0 Å². The molecule has 1 N–H and O–H groups in total. The van der Waals surface area contributed by atoms with Crippen molar-refractivity contribution in [2.75, 3.05) is 57.9 Å². The van der Waals surface area contributed by atoms with Crippen molar-refractivity contribution in [1.29, 1.82) is 0 Å². The molecular weight excluding hydrogens is 298 g/mol. The Hall–Kier alpha value is -2.12. The van der Waals surface area contributed by atoms with Gasteiger partial charge in [-0.05, 0) is 12.1 Å². The Morgan fingerprint density at radius 2 is 2.09 bits per heavy atom. The van der Waals surface area contributed by atoms with Crippen LogP contribution in [-0.4, -0.2) is 69.8 Å². The van der Waals surface area contributed by atoms with Crippen LogP contribution < -0.4 is 15.0 Å². The molecule has 1 saturated heterocycles. The van der Waals surface area contributed by atoms with Gasteiger partial charge in [0.2, 0.25) is 0 Å². The topological polar surface area (TPSA) is 71.1 Å². The van der Waals surface area contributed by atoms with Crippen LogP contribution in [0.4, 0.5) is 5.69 Å². The van der Waals surface area contributed by atoms with Crippen LogP contribution in [0.2, 0.25) is 0 Å². The highest BCUT2D eigenvalue weighted by atomic mass is 16.5. The predicted octanol–water partition coefficient (Wildman–Crippen LogP) is 0.104. The summed E-state index contributed by atoms with van der Waals surface area (Å²) in [7, 11) is 1.68. The summed E-state index contributed by atoms with van der Waals surface area (Å²) in [5.41, 5.74) is 1.09. The zero-order chi connectivity index (χ0) is 16.2. The molecule has 0 bridgehead atoms. The van der Waals surface area contributed by atoms with Crippen molar-refractivity contribution in [3.63, 3.8) is 0 Å². The second-order valence-corrected chi connectivity index (χ2v) is 5.61. The third-order valence-corrected chi connectivity index (χ3v) is 4.13. The molecule has 2 aliphatic heterocycles. The number of carbonyl (C=O) groups is 2. The van der Waals surface area contributed by atoms with E-state index in [0.717, 1.165) is 32.8 Å². The number of morpholine rings is 1. The average molecular weight is 319 g/mol. The Kier molecular flexibility index (Phi) is 4.78. The molecule has 1 aromatic rings. The van der Waals surface area contributed by atoms with Gasteiger partial charge in [0.05, 0.1) is 24.5 Å². The number of hydrogen-bond donors (Lipinski definition) is 1. The van der Waals surface area contributed by atoms with Crippen molar-refractivity contribution >= 4 is 17.5 Å². The fourth-order valence-corrected chi connectivity index (χ4v) is 2.73. The quantitative estimate of drug-likeness (QED) is 0.852. The predicted molar refractivity (Wildman–Crippen MR) is 84.9 cm³/mol. The van der Waals surface area contributed by atoms with Crippen molar-refractivity contribution in [1.82, 2.24) is 10.2 Å².